The first-order chi connectivity index (χ1) is 9.94. The summed E-state index contributed by atoms with van der Waals surface area (Å²) in [5.74, 6) is 0.854. The zero-order valence-electron chi connectivity index (χ0n) is 13.1. The van der Waals surface area contributed by atoms with Crippen LogP contribution >= 0.6 is 0 Å². The first-order valence-corrected chi connectivity index (χ1v) is 7.19. The lowest BCUT2D eigenvalue weighted by Gasteiger charge is -2.22. The zero-order chi connectivity index (χ0) is 15.7. The Morgan fingerprint density at radius 3 is 1.95 bits per heavy atom. The summed E-state index contributed by atoms with van der Waals surface area (Å²) >= 11 is 0. The van der Waals surface area contributed by atoms with E-state index < -0.39 is 0 Å². The molecule has 4 heteroatoms. The van der Waals surface area contributed by atoms with Gasteiger partial charge in [0.05, 0.1) is 12.1 Å². The minimum atomic E-state index is -0.201. The Hall–Kier alpha value is -2.04. The molecule has 0 aromatic heterocycles. The predicted octanol–water partition coefficient (Wildman–Crippen LogP) is 3.49. The fourth-order valence-electron chi connectivity index (χ4n) is 1.96. The highest BCUT2D eigenvalue weighted by Crippen LogP contribution is 2.19. The molecular formula is C17H23N3O. The number of hydrogen-bond donors (Lipinski definition) is 0. The van der Waals surface area contributed by atoms with Gasteiger partial charge in [0.25, 0.3) is 0 Å². The molecule has 0 radical (unpaired) electrons. The fourth-order valence-corrected chi connectivity index (χ4v) is 1.96. The lowest BCUT2D eigenvalue weighted by molar-refractivity contribution is 0.131. The molecule has 21 heavy (non-hydrogen) atoms. The third kappa shape index (κ3) is 7.34. The molecule has 0 N–H and O–H groups in total. The van der Waals surface area contributed by atoms with Crippen molar-refractivity contribution in [1.82, 2.24) is 4.90 Å². The van der Waals surface area contributed by atoms with Gasteiger partial charge in [0.2, 0.25) is 0 Å². The Morgan fingerprint density at radius 1 is 1.00 bits per heavy atom. The van der Waals surface area contributed by atoms with Crippen LogP contribution in [-0.4, -0.2) is 23.6 Å². The largest absolute Gasteiger partial charge is 0.488 e. The normalized spacial score (nSPS) is 11.0. The Kier molecular flexibility index (Phi) is 6.72. The maximum Gasteiger partial charge on any atom is 0.120 e. The molecule has 0 aliphatic carbocycles. The summed E-state index contributed by atoms with van der Waals surface area (Å²) in [4.78, 5) is 2.13. The van der Waals surface area contributed by atoms with E-state index in [4.69, 9.17) is 15.3 Å². The van der Waals surface area contributed by atoms with E-state index in [9.17, 15) is 0 Å². The molecule has 0 spiro atoms. The molecule has 0 saturated carbocycles. The van der Waals surface area contributed by atoms with E-state index in [2.05, 4.69) is 17.0 Å². The van der Waals surface area contributed by atoms with Crippen molar-refractivity contribution in [3.05, 3.63) is 29.8 Å². The van der Waals surface area contributed by atoms with E-state index in [0.717, 1.165) is 17.9 Å². The Bertz CT molecular complexity index is 485. The van der Waals surface area contributed by atoms with Gasteiger partial charge in [0.1, 0.15) is 11.4 Å². The van der Waals surface area contributed by atoms with E-state index in [1.165, 1.54) is 0 Å². The van der Waals surface area contributed by atoms with Gasteiger partial charge in [0.15, 0.2) is 0 Å². The number of ether oxygens (including phenoxy) is 1. The molecule has 112 valence electrons. The van der Waals surface area contributed by atoms with Gasteiger partial charge in [-0.1, -0.05) is 12.1 Å². The summed E-state index contributed by atoms with van der Waals surface area (Å²) < 4.78 is 5.79. The average Bonchev–Trinajstić information content (AvgIpc) is 2.42. The molecule has 0 aliphatic rings. The van der Waals surface area contributed by atoms with Crippen molar-refractivity contribution in [2.45, 2.75) is 45.8 Å². The summed E-state index contributed by atoms with van der Waals surface area (Å²) in [6.07, 6.45) is 0.966. The molecule has 1 rings (SSSR count). The Balaban J connectivity index is 2.63. The van der Waals surface area contributed by atoms with E-state index >= 15 is 0 Å². The topological polar surface area (TPSA) is 60.0 Å². The van der Waals surface area contributed by atoms with Crippen molar-refractivity contribution in [3.8, 4) is 17.9 Å². The van der Waals surface area contributed by atoms with Crippen LogP contribution in [0.4, 0.5) is 0 Å². The number of rotatable bonds is 7. The molecule has 0 fully saturated rings. The van der Waals surface area contributed by atoms with Gasteiger partial charge in [-0.05, 0) is 38.5 Å². The number of nitriles is 2. The van der Waals surface area contributed by atoms with Crippen LogP contribution in [0.5, 0.6) is 5.75 Å². The summed E-state index contributed by atoms with van der Waals surface area (Å²) in [7, 11) is 0. The highest BCUT2D eigenvalue weighted by molar-refractivity contribution is 5.27. The van der Waals surface area contributed by atoms with Crippen molar-refractivity contribution in [2.24, 2.45) is 0 Å². The Labute approximate surface area is 127 Å². The molecule has 0 unspecified atom stereocenters. The van der Waals surface area contributed by atoms with Crippen LogP contribution in [0.25, 0.3) is 0 Å². The number of nitrogens with zero attached hydrogens (tertiary/aromatic N) is 3. The van der Waals surface area contributed by atoms with Crippen molar-refractivity contribution in [1.29, 1.82) is 10.5 Å². The number of hydrogen-bond acceptors (Lipinski definition) is 4. The lowest BCUT2D eigenvalue weighted by Crippen LogP contribution is -2.25. The van der Waals surface area contributed by atoms with Crippen molar-refractivity contribution >= 4 is 0 Å². The third-order valence-corrected chi connectivity index (χ3v) is 2.83. The lowest BCUT2D eigenvalue weighted by atomic mass is 10.1. The summed E-state index contributed by atoms with van der Waals surface area (Å²) in [5, 5.41) is 17.4. The number of benzene rings is 1. The smallest absolute Gasteiger partial charge is 0.120 e. The summed E-state index contributed by atoms with van der Waals surface area (Å²) in [6.45, 7) is 8.20. The van der Waals surface area contributed by atoms with Gasteiger partial charge in [-0.3, -0.25) is 4.90 Å². The molecule has 0 amide bonds. The van der Waals surface area contributed by atoms with Crippen molar-refractivity contribution < 1.29 is 4.74 Å². The second-order valence-electron chi connectivity index (χ2n) is 5.95. The molecule has 0 saturated heterocycles. The van der Waals surface area contributed by atoms with Crippen LogP contribution in [0.1, 0.15) is 39.2 Å². The minimum absolute atomic E-state index is 0.201. The van der Waals surface area contributed by atoms with Crippen LogP contribution in [0, 0.1) is 22.7 Å². The maximum absolute atomic E-state index is 8.69. The molecule has 0 heterocycles. The van der Waals surface area contributed by atoms with E-state index in [1.54, 1.807) is 0 Å². The van der Waals surface area contributed by atoms with Gasteiger partial charge < -0.3 is 4.74 Å². The molecule has 4 nitrogen and oxygen atoms in total. The van der Waals surface area contributed by atoms with Crippen LogP contribution in [0.15, 0.2) is 24.3 Å². The molecule has 1 aromatic carbocycles. The average molecular weight is 285 g/mol. The first-order valence-electron chi connectivity index (χ1n) is 7.19. The zero-order valence-corrected chi connectivity index (χ0v) is 13.1. The van der Waals surface area contributed by atoms with Crippen LogP contribution in [0.2, 0.25) is 0 Å². The summed E-state index contributed by atoms with van der Waals surface area (Å²) in [5.41, 5.74) is 0.958. The van der Waals surface area contributed by atoms with Crippen molar-refractivity contribution in [3.63, 3.8) is 0 Å². The Morgan fingerprint density at radius 2 is 1.52 bits per heavy atom. The van der Waals surface area contributed by atoms with Crippen molar-refractivity contribution in [2.75, 3.05) is 13.1 Å². The molecule has 0 atom stereocenters. The molecular weight excluding hydrogens is 262 g/mol. The van der Waals surface area contributed by atoms with E-state index in [0.29, 0.717) is 25.9 Å². The third-order valence-electron chi connectivity index (χ3n) is 2.83. The molecule has 0 aliphatic heterocycles. The highest BCUT2D eigenvalue weighted by atomic mass is 16.5. The van der Waals surface area contributed by atoms with Crippen LogP contribution in [0.3, 0.4) is 0 Å². The van der Waals surface area contributed by atoms with Gasteiger partial charge in [-0.2, -0.15) is 10.5 Å². The van der Waals surface area contributed by atoms with Gasteiger partial charge >= 0.3 is 0 Å². The molecule has 1 aromatic rings. The minimum Gasteiger partial charge on any atom is -0.488 e. The maximum atomic E-state index is 8.69. The monoisotopic (exact) mass is 285 g/mol. The van der Waals surface area contributed by atoms with Gasteiger partial charge in [-0.25, -0.2) is 0 Å². The fraction of sp³-hybridized carbons (Fsp3) is 0.529. The highest BCUT2D eigenvalue weighted by Gasteiger charge is 2.12. The second-order valence-corrected chi connectivity index (χ2v) is 5.95. The van der Waals surface area contributed by atoms with Gasteiger partial charge in [0, 0.05) is 32.5 Å². The first kappa shape index (κ1) is 17.0. The quantitative estimate of drug-likeness (QED) is 0.769. The standard InChI is InChI=1S/C17H23N3O/c1-17(2,3)21-16-8-6-15(7-9-16)14-20(12-4-10-18)13-5-11-19/h6-9H,4-5,12-14H2,1-3H3. The SMILES string of the molecule is CC(C)(C)Oc1ccc(CN(CCC#N)CCC#N)cc1. The molecule has 0 bridgehead atoms. The van der Waals surface area contributed by atoms with Crippen LogP contribution < -0.4 is 4.74 Å². The predicted molar refractivity (Wildman–Crippen MR) is 82.6 cm³/mol. The van der Waals surface area contributed by atoms with E-state index in [-0.39, 0.29) is 5.60 Å². The van der Waals surface area contributed by atoms with E-state index in [1.807, 2.05) is 45.0 Å². The van der Waals surface area contributed by atoms with Crippen LogP contribution in [-0.2, 0) is 6.54 Å². The second kappa shape index (κ2) is 8.29. The summed E-state index contributed by atoms with van der Waals surface area (Å²) in [6, 6.07) is 12.3. The van der Waals surface area contributed by atoms with Gasteiger partial charge in [-0.15, -0.1) is 0 Å².